The standard InChI is InChI=1S/C58H42N2/c1-57(2)51-24-12-14-26-53(51)58(54-27-15-13-25-52(54)57)49-23-11-9-21-45(49)47-37-43(33-35-50(47)58)59(42-31-29-40(30-32-42)39-17-5-3-6-18-39)44-34-36-56-48(38-44)46-22-10-16-28-55(46)60(56)41-19-7-4-8-20-41/h3-38H,1-2H3. The Labute approximate surface area is 351 Å². The third-order valence-corrected chi connectivity index (χ3v) is 13.5. The van der Waals surface area contributed by atoms with Gasteiger partial charge in [-0.15, -0.1) is 0 Å². The molecule has 0 saturated carbocycles. The number of anilines is 3. The van der Waals surface area contributed by atoms with Gasteiger partial charge in [0.2, 0.25) is 0 Å². The van der Waals surface area contributed by atoms with Gasteiger partial charge in [0.25, 0.3) is 0 Å². The summed E-state index contributed by atoms with van der Waals surface area (Å²) in [5.74, 6) is 0. The molecule has 284 valence electrons. The Balaban J connectivity index is 1.10. The van der Waals surface area contributed by atoms with Crippen LogP contribution in [0, 0.1) is 0 Å². The van der Waals surface area contributed by atoms with Gasteiger partial charge in [0, 0.05) is 38.9 Å². The molecule has 12 rings (SSSR count). The number of rotatable bonds is 5. The van der Waals surface area contributed by atoms with Crippen LogP contribution in [0.4, 0.5) is 17.1 Å². The molecule has 0 fully saturated rings. The fourth-order valence-electron chi connectivity index (χ4n) is 10.8. The van der Waals surface area contributed by atoms with Gasteiger partial charge in [0.15, 0.2) is 0 Å². The Morgan fingerprint density at radius 2 is 0.850 bits per heavy atom. The summed E-state index contributed by atoms with van der Waals surface area (Å²) in [6.07, 6.45) is 0. The first kappa shape index (κ1) is 34.6. The molecule has 10 aromatic rings. The average Bonchev–Trinajstić information content (AvgIpc) is 3.80. The lowest BCUT2D eigenvalue weighted by Crippen LogP contribution is -2.40. The third-order valence-electron chi connectivity index (χ3n) is 13.5. The zero-order valence-corrected chi connectivity index (χ0v) is 33.7. The smallest absolute Gasteiger partial charge is 0.0719 e. The van der Waals surface area contributed by atoms with E-state index in [-0.39, 0.29) is 5.41 Å². The van der Waals surface area contributed by atoms with Crippen LogP contribution in [0.15, 0.2) is 218 Å². The Morgan fingerprint density at radius 1 is 0.350 bits per heavy atom. The van der Waals surface area contributed by atoms with Crippen molar-refractivity contribution < 1.29 is 0 Å². The molecule has 0 N–H and O–H groups in total. The number of nitrogens with zero attached hydrogens (tertiary/aromatic N) is 2. The molecule has 0 aliphatic heterocycles. The minimum Gasteiger partial charge on any atom is -0.310 e. The minimum absolute atomic E-state index is 0.138. The molecule has 2 aliphatic carbocycles. The van der Waals surface area contributed by atoms with Crippen LogP contribution < -0.4 is 4.90 Å². The molecule has 0 saturated heterocycles. The summed E-state index contributed by atoms with van der Waals surface area (Å²) in [4.78, 5) is 2.45. The van der Waals surface area contributed by atoms with Crippen LogP contribution >= 0.6 is 0 Å². The van der Waals surface area contributed by atoms with Crippen molar-refractivity contribution in [2.75, 3.05) is 4.90 Å². The first-order valence-electron chi connectivity index (χ1n) is 21.0. The molecule has 2 heteroatoms. The van der Waals surface area contributed by atoms with E-state index in [9.17, 15) is 0 Å². The molecule has 0 amide bonds. The van der Waals surface area contributed by atoms with Gasteiger partial charge in [-0.05, 0) is 116 Å². The van der Waals surface area contributed by atoms with Gasteiger partial charge in [-0.1, -0.05) is 172 Å². The van der Waals surface area contributed by atoms with E-state index in [0.717, 1.165) is 22.7 Å². The third kappa shape index (κ3) is 4.82. The topological polar surface area (TPSA) is 8.17 Å². The lowest BCUT2D eigenvalue weighted by molar-refractivity contribution is 0.563. The van der Waals surface area contributed by atoms with Crippen LogP contribution in [0.1, 0.15) is 47.2 Å². The first-order valence-corrected chi connectivity index (χ1v) is 21.0. The predicted molar refractivity (Wildman–Crippen MR) is 250 cm³/mol. The zero-order chi connectivity index (χ0) is 40.0. The van der Waals surface area contributed by atoms with Crippen molar-refractivity contribution >= 4 is 38.9 Å². The van der Waals surface area contributed by atoms with E-state index in [1.807, 2.05) is 0 Å². The molecule has 0 bridgehead atoms. The van der Waals surface area contributed by atoms with Crippen LogP contribution in [0.2, 0.25) is 0 Å². The molecule has 9 aromatic carbocycles. The van der Waals surface area contributed by atoms with Gasteiger partial charge in [0.05, 0.1) is 16.4 Å². The summed E-state index contributed by atoms with van der Waals surface area (Å²) < 4.78 is 2.39. The highest BCUT2D eigenvalue weighted by atomic mass is 15.1. The number of fused-ring (bicyclic) bond motifs is 12. The van der Waals surface area contributed by atoms with Crippen molar-refractivity contribution in [3.63, 3.8) is 0 Å². The number of aromatic nitrogens is 1. The molecule has 2 aliphatic rings. The van der Waals surface area contributed by atoms with E-state index in [1.165, 1.54) is 77.4 Å². The number of hydrogen-bond donors (Lipinski definition) is 0. The quantitative estimate of drug-likeness (QED) is 0.169. The Bertz CT molecular complexity index is 3230. The average molecular weight is 767 g/mol. The monoisotopic (exact) mass is 766 g/mol. The van der Waals surface area contributed by atoms with Gasteiger partial charge in [0.1, 0.15) is 0 Å². The molecule has 2 nitrogen and oxygen atoms in total. The Morgan fingerprint density at radius 3 is 1.57 bits per heavy atom. The minimum atomic E-state index is -0.437. The second-order valence-electron chi connectivity index (χ2n) is 16.9. The van der Waals surface area contributed by atoms with E-state index in [1.54, 1.807) is 0 Å². The fourth-order valence-corrected chi connectivity index (χ4v) is 10.8. The Kier molecular flexibility index (Phi) is 7.52. The molecule has 0 atom stereocenters. The van der Waals surface area contributed by atoms with Crippen molar-refractivity contribution in [2.45, 2.75) is 24.7 Å². The molecule has 60 heavy (non-hydrogen) atoms. The maximum atomic E-state index is 2.45. The van der Waals surface area contributed by atoms with Crippen LogP contribution in [0.3, 0.4) is 0 Å². The van der Waals surface area contributed by atoms with Crippen molar-refractivity contribution in [1.82, 2.24) is 4.57 Å². The highest BCUT2D eigenvalue weighted by Crippen LogP contribution is 2.62. The van der Waals surface area contributed by atoms with Crippen molar-refractivity contribution in [3.8, 4) is 27.9 Å². The number of benzene rings is 9. The van der Waals surface area contributed by atoms with E-state index < -0.39 is 5.41 Å². The van der Waals surface area contributed by atoms with Gasteiger partial charge in [-0.2, -0.15) is 0 Å². The highest BCUT2D eigenvalue weighted by molar-refractivity contribution is 6.10. The fraction of sp³-hybridized carbons (Fsp3) is 0.0690. The van der Waals surface area contributed by atoms with E-state index >= 15 is 0 Å². The van der Waals surface area contributed by atoms with Crippen molar-refractivity contribution in [1.29, 1.82) is 0 Å². The van der Waals surface area contributed by atoms with Gasteiger partial charge in [-0.25, -0.2) is 0 Å². The van der Waals surface area contributed by atoms with Crippen LogP contribution in [0.5, 0.6) is 0 Å². The van der Waals surface area contributed by atoms with Crippen molar-refractivity contribution in [2.24, 2.45) is 0 Å². The van der Waals surface area contributed by atoms with E-state index in [4.69, 9.17) is 0 Å². The summed E-state index contributed by atoms with van der Waals surface area (Å²) in [6, 6.07) is 80.9. The van der Waals surface area contributed by atoms with Crippen LogP contribution in [-0.2, 0) is 10.8 Å². The molecular weight excluding hydrogens is 725 g/mol. The molecule has 1 heterocycles. The molecule has 0 unspecified atom stereocenters. The van der Waals surface area contributed by atoms with Crippen LogP contribution in [0.25, 0.3) is 49.7 Å². The van der Waals surface area contributed by atoms with Gasteiger partial charge >= 0.3 is 0 Å². The summed E-state index contributed by atoms with van der Waals surface area (Å²) in [6.45, 7) is 4.77. The largest absolute Gasteiger partial charge is 0.310 e. The summed E-state index contributed by atoms with van der Waals surface area (Å²) in [5, 5.41) is 2.46. The van der Waals surface area contributed by atoms with E-state index in [2.05, 4.69) is 242 Å². The SMILES string of the molecule is CC1(C)c2ccccc2C2(c3ccccc3-c3cc(N(c4ccc(-c5ccccc5)cc4)c4ccc5c(c4)c4ccccc4n5-c4ccccc4)ccc32)c2ccccc21. The maximum absolute atomic E-state index is 2.45. The second kappa shape index (κ2) is 13.0. The molecular formula is C58H42N2. The first-order chi connectivity index (χ1) is 29.5. The second-order valence-corrected chi connectivity index (χ2v) is 16.9. The zero-order valence-electron chi connectivity index (χ0n) is 33.7. The highest BCUT2D eigenvalue weighted by Gasteiger charge is 2.53. The lowest BCUT2D eigenvalue weighted by Gasteiger charge is -2.46. The molecule has 1 spiro atoms. The van der Waals surface area contributed by atoms with E-state index in [0.29, 0.717) is 0 Å². The van der Waals surface area contributed by atoms with Crippen LogP contribution in [-0.4, -0.2) is 4.57 Å². The molecule has 0 radical (unpaired) electrons. The Hall–Kier alpha value is -7.42. The normalized spacial score (nSPS) is 14.1. The number of para-hydroxylation sites is 2. The maximum Gasteiger partial charge on any atom is 0.0719 e. The summed E-state index contributed by atoms with van der Waals surface area (Å²) in [7, 11) is 0. The lowest BCUT2D eigenvalue weighted by atomic mass is 9.55. The van der Waals surface area contributed by atoms with Crippen molar-refractivity contribution in [3.05, 3.63) is 252 Å². The number of hydrogen-bond acceptors (Lipinski definition) is 1. The van der Waals surface area contributed by atoms with Gasteiger partial charge in [-0.3, -0.25) is 0 Å². The predicted octanol–water partition coefficient (Wildman–Crippen LogP) is 14.9. The molecule has 1 aromatic heterocycles. The van der Waals surface area contributed by atoms with Gasteiger partial charge < -0.3 is 9.47 Å². The summed E-state index contributed by atoms with van der Waals surface area (Å²) in [5.41, 5.74) is 19.5. The summed E-state index contributed by atoms with van der Waals surface area (Å²) >= 11 is 0.